The number of nitrogens with zero attached hydrogens (tertiary/aromatic N) is 2. The van der Waals surface area contributed by atoms with Gasteiger partial charge in [0.2, 0.25) is 0 Å². The number of carbonyl (C=O) groups excluding carboxylic acids is 2. The highest BCUT2D eigenvalue weighted by atomic mass is 19.1. The zero-order valence-corrected chi connectivity index (χ0v) is 12.0. The maximum absolute atomic E-state index is 14.4. The molecule has 6 heteroatoms. The van der Waals surface area contributed by atoms with E-state index in [1.54, 1.807) is 32.2 Å². The summed E-state index contributed by atoms with van der Waals surface area (Å²) in [6, 6.07) is 3.90. The van der Waals surface area contributed by atoms with Crippen molar-refractivity contribution in [3.8, 4) is 5.75 Å². The van der Waals surface area contributed by atoms with Crippen LogP contribution in [-0.4, -0.2) is 40.9 Å². The van der Waals surface area contributed by atoms with Gasteiger partial charge in [0, 0.05) is 12.6 Å². The molecule has 5 nitrogen and oxygen atoms in total. The van der Waals surface area contributed by atoms with Crippen LogP contribution in [0.3, 0.4) is 0 Å². The maximum Gasteiger partial charge on any atom is 0.327 e. The molecule has 0 radical (unpaired) electrons. The molecule has 21 heavy (non-hydrogen) atoms. The SMILES string of the molecule is C[C@H]1C(=O)N(Cc2cccc(OC3CC3)c2F)C(=O)N1C. The fraction of sp³-hybridized carbons (Fsp3) is 0.467. The number of ether oxygens (including phenoxy) is 1. The van der Waals surface area contributed by atoms with Gasteiger partial charge in [0.25, 0.3) is 5.91 Å². The molecule has 0 N–H and O–H groups in total. The van der Waals surface area contributed by atoms with Crippen LogP contribution >= 0.6 is 0 Å². The quantitative estimate of drug-likeness (QED) is 0.799. The molecule has 112 valence electrons. The van der Waals surface area contributed by atoms with E-state index >= 15 is 0 Å². The third kappa shape index (κ3) is 2.46. The number of carbonyl (C=O) groups is 2. The highest BCUT2D eigenvalue weighted by molar-refractivity contribution is 6.03. The summed E-state index contributed by atoms with van der Waals surface area (Å²) in [7, 11) is 1.56. The third-order valence-corrected chi connectivity index (χ3v) is 3.93. The molecule has 3 rings (SSSR count). The van der Waals surface area contributed by atoms with Crippen LogP contribution in [0.5, 0.6) is 5.75 Å². The topological polar surface area (TPSA) is 49.9 Å². The number of halogens is 1. The first-order chi connectivity index (χ1) is 9.99. The lowest BCUT2D eigenvalue weighted by atomic mass is 10.2. The van der Waals surface area contributed by atoms with Crippen LogP contribution < -0.4 is 4.74 Å². The molecule has 3 amide bonds. The van der Waals surface area contributed by atoms with Crippen molar-refractivity contribution in [3.63, 3.8) is 0 Å². The second-order valence-corrected chi connectivity index (χ2v) is 5.54. The molecule has 1 aliphatic carbocycles. The van der Waals surface area contributed by atoms with E-state index in [1.807, 2.05) is 0 Å². The van der Waals surface area contributed by atoms with Crippen LogP contribution in [0.15, 0.2) is 18.2 Å². The molecule has 1 aliphatic heterocycles. The lowest BCUT2D eigenvalue weighted by Gasteiger charge is -2.15. The van der Waals surface area contributed by atoms with Gasteiger partial charge in [-0.25, -0.2) is 9.18 Å². The Hall–Kier alpha value is -2.11. The van der Waals surface area contributed by atoms with Crippen LogP contribution in [0.25, 0.3) is 0 Å². The van der Waals surface area contributed by atoms with Crippen molar-refractivity contribution in [3.05, 3.63) is 29.6 Å². The molecule has 0 unspecified atom stereocenters. The number of amides is 3. The number of likely N-dealkylation sites (N-methyl/N-ethyl adjacent to an activating group) is 1. The average Bonchev–Trinajstić information content (AvgIpc) is 3.26. The van der Waals surface area contributed by atoms with Crippen molar-refractivity contribution in [1.29, 1.82) is 0 Å². The highest BCUT2D eigenvalue weighted by Crippen LogP contribution is 2.30. The smallest absolute Gasteiger partial charge is 0.327 e. The average molecular weight is 292 g/mol. The number of rotatable bonds is 4. The minimum atomic E-state index is -0.508. The van der Waals surface area contributed by atoms with Crippen molar-refractivity contribution in [2.75, 3.05) is 7.05 Å². The predicted molar refractivity (Wildman–Crippen MR) is 73.2 cm³/mol. The first-order valence-corrected chi connectivity index (χ1v) is 7.01. The van der Waals surface area contributed by atoms with Gasteiger partial charge in [0.15, 0.2) is 11.6 Å². The molecule has 1 atom stereocenters. The predicted octanol–water partition coefficient (Wildman–Crippen LogP) is 2.15. The van der Waals surface area contributed by atoms with Crippen LogP contribution in [0.4, 0.5) is 9.18 Å². The Morgan fingerprint density at radius 3 is 2.62 bits per heavy atom. The van der Waals surface area contributed by atoms with Gasteiger partial charge in [-0.1, -0.05) is 12.1 Å². The summed E-state index contributed by atoms with van der Waals surface area (Å²) in [5.41, 5.74) is 0.289. The van der Waals surface area contributed by atoms with Gasteiger partial charge < -0.3 is 9.64 Å². The van der Waals surface area contributed by atoms with E-state index in [0.717, 1.165) is 17.7 Å². The second-order valence-electron chi connectivity index (χ2n) is 5.54. The molecule has 1 saturated carbocycles. The molecule has 1 aromatic rings. The van der Waals surface area contributed by atoms with Crippen molar-refractivity contribution < 1.29 is 18.7 Å². The highest BCUT2D eigenvalue weighted by Gasteiger charge is 2.40. The first kappa shape index (κ1) is 13.9. The number of benzene rings is 1. The van der Waals surface area contributed by atoms with Crippen LogP contribution in [0.1, 0.15) is 25.3 Å². The van der Waals surface area contributed by atoms with E-state index in [0.29, 0.717) is 0 Å². The minimum Gasteiger partial charge on any atom is -0.487 e. The van der Waals surface area contributed by atoms with E-state index in [9.17, 15) is 14.0 Å². The van der Waals surface area contributed by atoms with Gasteiger partial charge in [-0.3, -0.25) is 9.69 Å². The molecule has 1 heterocycles. The maximum atomic E-state index is 14.4. The zero-order chi connectivity index (χ0) is 15.1. The Morgan fingerprint density at radius 2 is 2.05 bits per heavy atom. The van der Waals surface area contributed by atoms with Gasteiger partial charge in [-0.05, 0) is 25.8 Å². The molecule has 1 aromatic carbocycles. The normalized spacial score (nSPS) is 22.1. The van der Waals surface area contributed by atoms with Crippen LogP contribution in [0, 0.1) is 5.82 Å². The van der Waals surface area contributed by atoms with Gasteiger partial charge in [0.1, 0.15) is 6.04 Å². The number of hydrogen-bond donors (Lipinski definition) is 0. The standard InChI is InChI=1S/C15H17FN2O3/c1-9-14(19)18(15(20)17(9)2)8-10-4-3-5-12(13(10)16)21-11-6-7-11/h3-5,9,11H,6-8H2,1-2H3/t9-/m0/s1. The van der Waals surface area contributed by atoms with Gasteiger partial charge in [-0.15, -0.1) is 0 Å². The number of hydrogen-bond acceptors (Lipinski definition) is 3. The Kier molecular flexibility index (Phi) is 3.31. The van der Waals surface area contributed by atoms with Crippen molar-refractivity contribution >= 4 is 11.9 Å². The van der Waals surface area contributed by atoms with Gasteiger partial charge in [-0.2, -0.15) is 0 Å². The van der Waals surface area contributed by atoms with E-state index in [4.69, 9.17) is 4.74 Å². The summed E-state index contributed by atoms with van der Waals surface area (Å²) in [4.78, 5) is 26.4. The van der Waals surface area contributed by atoms with Gasteiger partial charge in [0.05, 0.1) is 12.6 Å². The van der Waals surface area contributed by atoms with E-state index in [1.165, 1.54) is 4.90 Å². The third-order valence-electron chi connectivity index (χ3n) is 3.93. The fourth-order valence-corrected chi connectivity index (χ4v) is 2.29. The second kappa shape index (κ2) is 5.02. The summed E-state index contributed by atoms with van der Waals surface area (Å²) in [6.45, 7) is 1.59. The van der Waals surface area contributed by atoms with Gasteiger partial charge >= 0.3 is 6.03 Å². The fourth-order valence-electron chi connectivity index (χ4n) is 2.29. The van der Waals surface area contributed by atoms with Crippen molar-refractivity contribution in [2.24, 2.45) is 0 Å². The monoisotopic (exact) mass is 292 g/mol. The van der Waals surface area contributed by atoms with Crippen LogP contribution in [-0.2, 0) is 11.3 Å². The summed E-state index contributed by atoms with van der Waals surface area (Å²) in [6.07, 6.45) is 1.97. The number of urea groups is 1. The lowest BCUT2D eigenvalue weighted by molar-refractivity contribution is -0.128. The van der Waals surface area contributed by atoms with Crippen molar-refractivity contribution in [1.82, 2.24) is 9.80 Å². The van der Waals surface area contributed by atoms with Crippen LogP contribution in [0.2, 0.25) is 0 Å². The minimum absolute atomic E-state index is 0.0694. The Bertz CT molecular complexity index is 581. The molecule has 2 aliphatic rings. The summed E-state index contributed by atoms with van der Waals surface area (Å²) >= 11 is 0. The molecule has 0 spiro atoms. The van der Waals surface area contributed by atoms with E-state index in [-0.39, 0.29) is 29.9 Å². The molecule has 0 bridgehead atoms. The summed E-state index contributed by atoms with van der Waals surface area (Å²) in [5.74, 6) is -0.613. The summed E-state index contributed by atoms with van der Waals surface area (Å²) < 4.78 is 19.9. The molecule has 0 aromatic heterocycles. The molecule has 1 saturated heterocycles. The molecular weight excluding hydrogens is 275 g/mol. The van der Waals surface area contributed by atoms with E-state index < -0.39 is 17.9 Å². The Balaban J connectivity index is 1.81. The Morgan fingerprint density at radius 1 is 1.33 bits per heavy atom. The largest absolute Gasteiger partial charge is 0.487 e. The lowest BCUT2D eigenvalue weighted by Crippen LogP contribution is -2.31. The molecule has 2 fully saturated rings. The zero-order valence-electron chi connectivity index (χ0n) is 12.0. The Labute approximate surface area is 122 Å². The van der Waals surface area contributed by atoms with Crippen molar-refractivity contribution in [2.45, 2.75) is 38.5 Å². The first-order valence-electron chi connectivity index (χ1n) is 7.01. The molecular formula is C15H17FN2O3. The van der Waals surface area contributed by atoms with E-state index in [2.05, 4.69) is 0 Å². The summed E-state index contributed by atoms with van der Waals surface area (Å²) in [5, 5.41) is 0. The number of imide groups is 1.